The fourth-order valence-corrected chi connectivity index (χ4v) is 2.41. The van der Waals surface area contributed by atoms with Crippen LogP contribution >= 0.6 is 11.6 Å². The molecule has 0 saturated carbocycles. The van der Waals surface area contributed by atoms with Crippen LogP contribution in [0, 0.1) is 0 Å². The lowest BCUT2D eigenvalue weighted by Gasteiger charge is -2.15. The summed E-state index contributed by atoms with van der Waals surface area (Å²) in [7, 11) is 0. The SMILES string of the molecule is OCCCNCc1cc(Cl)ccc1OCC1CCCO1. The van der Waals surface area contributed by atoms with Crippen molar-refractivity contribution >= 4 is 11.6 Å². The quantitative estimate of drug-likeness (QED) is 0.724. The summed E-state index contributed by atoms with van der Waals surface area (Å²) in [5.74, 6) is 0.849. The van der Waals surface area contributed by atoms with Crippen molar-refractivity contribution in [1.29, 1.82) is 0 Å². The molecule has 1 heterocycles. The van der Waals surface area contributed by atoms with Crippen LogP contribution in [0.1, 0.15) is 24.8 Å². The first kappa shape index (κ1) is 15.6. The smallest absolute Gasteiger partial charge is 0.124 e. The van der Waals surface area contributed by atoms with Crippen LogP contribution in [0.2, 0.25) is 5.02 Å². The number of ether oxygens (including phenoxy) is 2. The molecule has 1 fully saturated rings. The summed E-state index contributed by atoms with van der Waals surface area (Å²) in [6.07, 6.45) is 3.13. The number of halogens is 1. The zero-order chi connectivity index (χ0) is 14.2. The zero-order valence-corrected chi connectivity index (χ0v) is 12.4. The number of nitrogens with one attached hydrogen (secondary N) is 1. The number of benzene rings is 1. The van der Waals surface area contributed by atoms with Crippen molar-refractivity contribution in [3.8, 4) is 5.75 Å². The standard InChI is InChI=1S/C15H22ClNO3/c16-13-4-5-15(20-11-14-3-1-8-19-14)12(9-13)10-17-6-2-7-18/h4-5,9,14,17-18H,1-3,6-8,10-11H2. The van der Waals surface area contributed by atoms with Crippen LogP contribution in [0.15, 0.2) is 18.2 Å². The molecule has 1 aliphatic rings. The van der Waals surface area contributed by atoms with Gasteiger partial charge in [-0.25, -0.2) is 0 Å². The van der Waals surface area contributed by atoms with Crippen LogP contribution in [-0.4, -0.2) is 37.6 Å². The van der Waals surface area contributed by atoms with Crippen molar-refractivity contribution in [2.45, 2.75) is 31.9 Å². The Kier molecular flexibility index (Phi) is 6.60. The van der Waals surface area contributed by atoms with E-state index in [0.29, 0.717) is 18.2 Å². The Balaban J connectivity index is 1.88. The van der Waals surface area contributed by atoms with Gasteiger partial charge in [0.25, 0.3) is 0 Å². The molecule has 1 atom stereocenters. The Morgan fingerprint density at radius 3 is 3.10 bits per heavy atom. The summed E-state index contributed by atoms with van der Waals surface area (Å²) >= 11 is 6.04. The van der Waals surface area contributed by atoms with Gasteiger partial charge in [-0.1, -0.05) is 11.6 Å². The van der Waals surface area contributed by atoms with Gasteiger partial charge in [0, 0.05) is 30.3 Å². The van der Waals surface area contributed by atoms with E-state index < -0.39 is 0 Å². The van der Waals surface area contributed by atoms with Gasteiger partial charge in [-0.2, -0.15) is 0 Å². The van der Waals surface area contributed by atoms with Crippen molar-refractivity contribution in [2.24, 2.45) is 0 Å². The maximum Gasteiger partial charge on any atom is 0.124 e. The van der Waals surface area contributed by atoms with Crippen molar-refractivity contribution in [3.63, 3.8) is 0 Å². The average Bonchev–Trinajstić information content (AvgIpc) is 2.96. The zero-order valence-electron chi connectivity index (χ0n) is 11.6. The van der Waals surface area contributed by atoms with Crippen LogP contribution < -0.4 is 10.1 Å². The molecule has 1 aromatic rings. The number of rotatable bonds is 8. The average molecular weight is 300 g/mol. The van der Waals surface area contributed by atoms with E-state index in [4.69, 9.17) is 26.2 Å². The molecule has 0 amide bonds. The molecule has 20 heavy (non-hydrogen) atoms. The molecule has 0 aliphatic carbocycles. The molecule has 2 N–H and O–H groups in total. The lowest BCUT2D eigenvalue weighted by Crippen LogP contribution is -2.19. The highest BCUT2D eigenvalue weighted by Crippen LogP contribution is 2.24. The molecule has 2 rings (SSSR count). The maximum atomic E-state index is 8.77. The first-order valence-electron chi connectivity index (χ1n) is 7.14. The lowest BCUT2D eigenvalue weighted by atomic mass is 10.2. The highest BCUT2D eigenvalue weighted by atomic mass is 35.5. The molecule has 0 spiro atoms. The van der Waals surface area contributed by atoms with E-state index in [-0.39, 0.29) is 12.7 Å². The third-order valence-electron chi connectivity index (χ3n) is 3.30. The molecule has 1 aromatic carbocycles. The van der Waals surface area contributed by atoms with E-state index in [0.717, 1.165) is 43.7 Å². The first-order valence-corrected chi connectivity index (χ1v) is 7.52. The van der Waals surface area contributed by atoms with E-state index in [9.17, 15) is 0 Å². The van der Waals surface area contributed by atoms with Crippen LogP contribution in [0.25, 0.3) is 0 Å². The fraction of sp³-hybridized carbons (Fsp3) is 0.600. The summed E-state index contributed by atoms with van der Waals surface area (Å²) in [5.41, 5.74) is 1.04. The first-order chi connectivity index (χ1) is 9.79. The highest BCUT2D eigenvalue weighted by molar-refractivity contribution is 6.30. The second-order valence-corrected chi connectivity index (χ2v) is 5.39. The Morgan fingerprint density at radius 2 is 2.35 bits per heavy atom. The second kappa shape index (κ2) is 8.47. The van der Waals surface area contributed by atoms with Gasteiger partial charge < -0.3 is 19.9 Å². The Bertz CT molecular complexity index is 408. The topological polar surface area (TPSA) is 50.7 Å². The molecule has 0 bridgehead atoms. The molecule has 5 heteroatoms. The summed E-state index contributed by atoms with van der Waals surface area (Å²) in [5, 5.41) is 12.7. The van der Waals surface area contributed by atoms with E-state index >= 15 is 0 Å². The van der Waals surface area contributed by atoms with Gasteiger partial charge in [0.1, 0.15) is 12.4 Å². The van der Waals surface area contributed by atoms with E-state index in [1.165, 1.54) is 0 Å². The Hall–Kier alpha value is -0.810. The molecule has 1 aliphatic heterocycles. The molecule has 0 aromatic heterocycles. The molecule has 112 valence electrons. The maximum absolute atomic E-state index is 8.77. The fourth-order valence-electron chi connectivity index (χ4n) is 2.21. The Labute approximate surface area is 125 Å². The van der Waals surface area contributed by atoms with E-state index in [1.807, 2.05) is 18.2 Å². The molecule has 1 unspecified atom stereocenters. The van der Waals surface area contributed by atoms with Crippen LogP contribution in [0.3, 0.4) is 0 Å². The summed E-state index contributed by atoms with van der Waals surface area (Å²) < 4.78 is 11.4. The molecule has 1 saturated heterocycles. The minimum absolute atomic E-state index is 0.199. The number of hydrogen-bond acceptors (Lipinski definition) is 4. The van der Waals surface area contributed by atoms with Crippen LogP contribution in [-0.2, 0) is 11.3 Å². The summed E-state index contributed by atoms with van der Waals surface area (Å²) in [6.45, 7) is 3.08. The summed E-state index contributed by atoms with van der Waals surface area (Å²) in [4.78, 5) is 0. The van der Waals surface area contributed by atoms with Crippen LogP contribution in [0.4, 0.5) is 0 Å². The van der Waals surface area contributed by atoms with E-state index in [1.54, 1.807) is 0 Å². The van der Waals surface area contributed by atoms with Crippen molar-refractivity contribution in [3.05, 3.63) is 28.8 Å². The lowest BCUT2D eigenvalue weighted by molar-refractivity contribution is 0.0676. The number of aliphatic hydroxyl groups is 1. The Morgan fingerprint density at radius 1 is 1.45 bits per heavy atom. The largest absolute Gasteiger partial charge is 0.491 e. The normalized spacial score (nSPS) is 18.4. The monoisotopic (exact) mass is 299 g/mol. The van der Waals surface area contributed by atoms with Crippen molar-refractivity contribution in [2.75, 3.05) is 26.4 Å². The van der Waals surface area contributed by atoms with E-state index in [2.05, 4.69) is 5.32 Å². The minimum Gasteiger partial charge on any atom is -0.491 e. The summed E-state index contributed by atoms with van der Waals surface area (Å²) in [6, 6.07) is 5.66. The van der Waals surface area contributed by atoms with Gasteiger partial charge in [0.05, 0.1) is 6.10 Å². The minimum atomic E-state index is 0.199. The molecule has 0 radical (unpaired) electrons. The predicted octanol–water partition coefficient (Wildman–Crippen LogP) is 2.37. The predicted molar refractivity (Wildman–Crippen MR) is 79.3 cm³/mol. The number of hydrogen-bond donors (Lipinski definition) is 2. The van der Waals surface area contributed by atoms with Gasteiger partial charge in [-0.3, -0.25) is 0 Å². The third kappa shape index (κ3) is 4.94. The molecule has 4 nitrogen and oxygen atoms in total. The molecular formula is C15H22ClNO3. The number of aliphatic hydroxyl groups excluding tert-OH is 1. The van der Waals surface area contributed by atoms with Gasteiger partial charge in [0.15, 0.2) is 0 Å². The van der Waals surface area contributed by atoms with Crippen molar-refractivity contribution < 1.29 is 14.6 Å². The van der Waals surface area contributed by atoms with Gasteiger partial charge >= 0.3 is 0 Å². The van der Waals surface area contributed by atoms with Gasteiger partial charge in [-0.15, -0.1) is 0 Å². The second-order valence-electron chi connectivity index (χ2n) is 4.95. The van der Waals surface area contributed by atoms with Gasteiger partial charge in [-0.05, 0) is 44.0 Å². The van der Waals surface area contributed by atoms with Crippen LogP contribution in [0.5, 0.6) is 5.75 Å². The highest BCUT2D eigenvalue weighted by Gasteiger charge is 2.16. The van der Waals surface area contributed by atoms with Crippen molar-refractivity contribution in [1.82, 2.24) is 5.32 Å². The third-order valence-corrected chi connectivity index (χ3v) is 3.53. The molecular weight excluding hydrogens is 278 g/mol. The van der Waals surface area contributed by atoms with Gasteiger partial charge in [0.2, 0.25) is 0 Å².